The average Bonchev–Trinajstić information content (AvgIpc) is 3.35. The van der Waals surface area contributed by atoms with Crippen molar-refractivity contribution in [3.8, 4) is 11.3 Å². The Labute approximate surface area is 174 Å². The summed E-state index contributed by atoms with van der Waals surface area (Å²) in [6.07, 6.45) is 2.22. The number of anilines is 2. The van der Waals surface area contributed by atoms with Crippen molar-refractivity contribution in [2.45, 2.75) is 19.0 Å². The van der Waals surface area contributed by atoms with Gasteiger partial charge < -0.3 is 16.0 Å². The lowest BCUT2D eigenvalue weighted by atomic mass is 10.1. The van der Waals surface area contributed by atoms with Gasteiger partial charge in [0.05, 0.1) is 11.9 Å². The third-order valence-corrected chi connectivity index (χ3v) is 5.31. The monoisotopic (exact) mass is 398 g/mol. The van der Waals surface area contributed by atoms with Crippen LogP contribution < -0.4 is 16.0 Å². The van der Waals surface area contributed by atoms with Gasteiger partial charge in [-0.25, -0.2) is 9.50 Å². The van der Waals surface area contributed by atoms with Gasteiger partial charge >= 0.3 is 0 Å². The van der Waals surface area contributed by atoms with Crippen molar-refractivity contribution in [2.24, 2.45) is 5.73 Å². The Morgan fingerprint density at radius 1 is 1.03 bits per heavy atom. The first-order valence-corrected chi connectivity index (χ1v) is 9.96. The normalized spacial score (nSPS) is 16.4. The minimum Gasteiger partial charge on any atom is -0.365 e. The third kappa shape index (κ3) is 3.51. The lowest BCUT2D eigenvalue weighted by molar-refractivity contribution is -0.117. The van der Waals surface area contributed by atoms with Crippen LogP contribution in [-0.4, -0.2) is 33.1 Å². The molecule has 0 saturated carbocycles. The lowest BCUT2D eigenvalue weighted by Crippen LogP contribution is -2.27. The zero-order chi connectivity index (χ0) is 20.5. The number of fused-ring (bicyclic) bond motifs is 1. The van der Waals surface area contributed by atoms with Crippen LogP contribution in [0.4, 0.5) is 11.5 Å². The number of nitrogens with zero attached hydrogens (tertiary/aromatic N) is 4. The zero-order valence-corrected chi connectivity index (χ0v) is 16.4. The molecule has 1 fully saturated rings. The quantitative estimate of drug-likeness (QED) is 0.539. The first kappa shape index (κ1) is 18.3. The molecule has 0 radical (unpaired) electrons. The van der Waals surface area contributed by atoms with E-state index in [0.717, 1.165) is 28.4 Å². The van der Waals surface area contributed by atoms with E-state index in [4.69, 9.17) is 10.8 Å². The molecule has 5 rings (SSSR count). The molecule has 4 aromatic rings. The van der Waals surface area contributed by atoms with Gasteiger partial charge in [-0.05, 0) is 29.8 Å². The molecule has 0 aliphatic carbocycles. The number of carbonyl (C=O) groups excluding carboxylic acids is 1. The molecule has 1 atom stereocenters. The van der Waals surface area contributed by atoms with E-state index in [1.165, 1.54) is 5.56 Å². The van der Waals surface area contributed by atoms with Gasteiger partial charge in [-0.1, -0.05) is 42.5 Å². The number of rotatable bonds is 5. The van der Waals surface area contributed by atoms with E-state index in [1.807, 2.05) is 65.3 Å². The summed E-state index contributed by atoms with van der Waals surface area (Å²) in [5.41, 5.74) is 10.6. The van der Waals surface area contributed by atoms with Crippen LogP contribution in [0, 0.1) is 0 Å². The molecule has 7 nitrogen and oxygen atoms in total. The van der Waals surface area contributed by atoms with Crippen LogP contribution in [0.3, 0.4) is 0 Å². The molecule has 2 aromatic heterocycles. The molecule has 1 amide bonds. The summed E-state index contributed by atoms with van der Waals surface area (Å²) in [7, 11) is 0. The Morgan fingerprint density at radius 3 is 2.57 bits per heavy atom. The standard InChI is InChI=1S/C23H22N6O/c24-18-12-23(30)28(15-18)19-8-6-17(7-9-19)20-14-26-22-11-10-21(27-29(20)22)25-13-16-4-2-1-3-5-16/h1-11,14,18H,12-13,15,24H2,(H,25,27). The second-order valence-electron chi connectivity index (χ2n) is 7.49. The maximum atomic E-state index is 12.1. The van der Waals surface area contributed by atoms with Crippen LogP contribution in [0.25, 0.3) is 16.9 Å². The summed E-state index contributed by atoms with van der Waals surface area (Å²) in [6.45, 7) is 1.26. The topological polar surface area (TPSA) is 88.5 Å². The van der Waals surface area contributed by atoms with Crippen LogP contribution in [0.15, 0.2) is 72.9 Å². The second-order valence-corrected chi connectivity index (χ2v) is 7.49. The summed E-state index contributed by atoms with van der Waals surface area (Å²) in [5.74, 6) is 0.847. The Hall–Kier alpha value is -3.71. The second kappa shape index (κ2) is 7.61. The van der Waals surface area contributed by atoms with Gasteiger partial charge in [-0.2, -0.15) is 0 Å². The number of aromatic nitrogens is 3. The van der Waals surface area contributed by atoms with Crippen LogP contribution in [0.2, 0.25) is 0 Å². The highest BCUT2D eigenvalue weighted by Crippen LogP contribution is 2.26. The van der Waals surface area contributed by atoms with Crippen molar-refractivity contribution in [1.82, 2.24) is 14.6 Å². The Balaban J connectivity index is 1.39. The maximum Gasteiger partial charge on any atom is 0.228 e. The molecular formula is C23H22N6O. The number of benzene rings is 2. The fraction of sp³-hybridized carbons (Fsp3) is 0.174. The highest BCUT2D eigenvalue weighted by atomic mass is 16.2. The molecule has 3 N–H and O–H groups in total. The molecule has 1 aliphatic heterocycles. The van der Waals surface area contributed by atoms with E-state index in [9.17, 15) is 4.79 Å². The average molecular weight is 398 g/mol. The number of imidazole rings is 1. The van der Waals surface area contributed by atoms with E-state index in [0.29, 0.717) is 19.5 Å². The number of hydrogen-bond donors (Lipinski definition) is 2. The smallest absolute Gasteiger partial charge is 0.228 e. The molecule has 1 unspecified atom stereocenters. The number of carbonyl (C=O) groups is 1. The molecule has 1 saturated heterocycles. The minimum absolute atomic E-state index is 0.0702. The zero-order valence-electron chi connectivity index (χ0n) is 16.4. The van der Waals surface area contributed by atoms with E-state index in [2.05, 4.69) is 22.4 Å². The molecule has 30 heavy (non-hydrogen) atoms. The molecule has 0 bridgehead atoms. The first-order valence-electron chi connectivity index (χ1n) is 9.96. The highest BCUT2D eigenvalue weighted by Gasteiger charge is 2.27. The van der Waals surface area contributed by atoms with Crippen LogP contribution in [0.1, 0.15) is 12.0 Å². The van der Waals surface area contributed by atoms with Crippen LogP contribution >= 0.6 is 0 Å². The van der Waals surface area contributed by atoms with Crippen molar-refractivity contribution in [2.75, 3.05) is 16.8 Å². The highest BCUT2D eigenvalue weighted by molar-refractivity contribution is 5.96. The first-order chi connectivity index (χ1) is 14.7. The van der Waals surface area contributed by atoms with Crippen molar-refractivity contribution >= 4 is 23.1 Å². The molecule has 7 heteroatoms. The van der Waals surface area contributed by atoms with Crippen LogP contribution in [-0.2, 0) is 11.3 Å². The van der Waals surface area contributed by atoms with Gasteiger partial charge in [0, 0.05) is 36.8 Å². The van der Waals surface area contributed by atoms with Crippen molar-refractivity contribution in [3.63, 3.8) is 0 Å². The molecule has 3 heterocycles. The number of nitrogens with two attached hydrogens (primary N) is 1. The van der Waals surface area contributed by atoms with Gasteiger partial charge in [-0.15, -0.1) is 5.10 Å². The summed E-state index contributed by atoms with van der Waals surface area (Å²) in [6, 6.07) is 21.9. The summed E-state index contributed by atoms with van der Waals surface area (Å²) < 4.78 is 1.83. The summed E-state index contributed by atoms with van der Waals surface area (Å²) in [5, 5.41) is 8.07. The van der Waals surface area contributed by atoms with Crippen molar-refractivity contribution in [1.29, 1.82) is 0 Å². The maximum absolute atomic E-state index is 12.1. The van der Waals surface area contributed by atoms with E-state index in [1.54, 1.807) is 4.90 Å². The molecular weight excluding hydrogens is 376 g/mol. The Kier molecular flexibility index (Phi) is 4.65. The predicted octanol–water partition coefficient (Wildman–Crippen LogP) is 3.07. The van der Waals surface area contributed by atoms with Crippen molar-refractivity contribution in [3.05, 3.63) is 78.5 Å². The molecule has 150 valence electrons. The molecule has 1 aliphatic rings. The minimum atomic E-state index is -0.0954. The van der Waals surface area contributed by atoms with Crippen LogP contribution in [0.5, 0.6) is 0 Å². The number of nitrogens with one attached hydrogen (secondary N) is 1. The lowest BCUT2D eigenvalue weighted by Gasteiger charge is -2.16. The van der Waals surface area contributed by atoms with Gasteiger partial charge in [0.2, 0.25) is 5.91 Å². The van der Waals surface area contributed by atoms with E-state index >= 15 is 0 Å². The van der Waals surface area contributed by atoms with Gasteiger partial charge in [0.15, 0.2) is 5.65 Å². The van der Waals surface area contributed by atoms with Gasteiger partial charge in [0.1, 0.15) is 5.82 Å². The van der Waals surface area contributed by atoms with Crippen molar-refractivity contribution < 1.29 is 4.79 Å². The predicted molar refractivity (Wildman–Crippen MR) is 117 cm³/mol. The van der Waals surface area contributed by atoms with E-state index in [-0.39, 0.29) is 11.9 Å². The number of hydrogen-bond acceptors (Lipinski definition) is 5. The Bertz CT molecular complexity index is 1190. The SMILES string of the molecule is NC1CC(=O)N(c2ccc(-c3cnc4ccc(NCc5ccccc5)nn34)cc2)C1. The molecule has 0 spiro atoms. The van der Waals surface area contributed by atoms with Gasteiger partial charge in [0.25, 0.3) is 0 Å². The van der Waals surface area contributed by atoms with E-state index < -0.39 is 0 Å². The Morgan fingerprint density at radius 2 is 1.83 bits per heavy atom. The fourth-order valence-corrected chi connectivity index (χ4v) is 3.75. The summed E-state index contributed by atoms with van der Waals surface area (Å²) in [4.78, 5) is 18.3. The third-order valence-electron chi connectivity index (χ3n) is 5.31. The molecule has 2 aromatic carbocycles. The fourth-order valence-electron chi connectivity index (χ4n) is 3.75. The summed E-state index contributed by atoms with van der Waals surface area (Å²) >= 11 is 0. The number of amides is 1. The van der Waals surface area contributed by atoms with Gasteiger partial charge in [-0.3, -0.25) is 4.79 Å². The largest absolute Gasteiger partial charge is 0.365 e.